The number of benzene rings is 4. The summed E-state index contributed by atoms with van der Waals surface area (Å²) in [6.07, 6.45) is 0.690. The van der Waals surface area contributed by atoms with E-state index in [9.17, 15) is 18.5 Å². The SMILES string of the molecule is NS(=O)(=O)c1ccc2c(c1)[C@H]1[C@@H](Cl)[C@@H](Sc3ccccc3[N+](=O)[O-])C[C@H]1[C@@H](c1cccc3ccccc13)N2. The van der Waals surface area contributed by atoms with Gasteiger partial charge in [-0.05, 0) is 58.5 Å². The van der Waals surface area contributed by atoms with Gasteiger partial charge in [0.15, 0.2) is 0 Å². The summed E-state index contributed by atoms with van der Waals surface area (Å²) in [5, 5.41) is 22.6. The van der Waals surface area contributed by atoms with Gasteiger partial charge < -0.3 is 5.32 Å². The van der Waals surface area contributed by atoms with Crippen LogP contribution in [0.15, 0.2) is 94.7 Å². The van der Waals surface area contributed by atoms with E-state index in [1.807, 2.05) is 18.2 Å². The molecule has 6 rings (SSSR count). The molecule has 1 saturated carbocycles. The lowest BCUT2D eigenvalue weighted by molar-refractivity contribution is -0.387. The second kappa shape index (κ2) is 9.57. The van der Waals surface area contributed by atoms with Gasteiger partial charge in [-0.15, -0.1) is 23.4 Å². The van der Waals surface area contributed by atoms with Crippen molar-refractivity contribution in [2.45, 2.75) is 38.8 Å². The van der Waals surface area contributed by atoms with E-state index in [-0.39, 0.29) is 44.0 Å². The van der Waals surface area contributed by atoms with Gasteiger partial charge in [0.05, 0.1) is 26.1 Å². The summed E-state index contributed by atoms with van der Waals surface area (Å²) in [7, 11) is -3.91. The van der Waals surface area contributed by atoms with Gasteiger partial charge in [0.1, 0.15) is 0 Å². The van der Waals surface area contributed by atoms with Crippen molar-refractivity contribution in [3.05, 3.63) is 106 Å². The van der Waals surface area contributed by atoms with Crippen molar-refractivity contribution in [3.8, 4) is 0 Å². The molecule has 3 N–H and O–H groups in total. The maximum absolute atomic E-state index is 12.2. The van der Waals surface area contributed by atoms with E-state index in [0.717, 1.165) is 27.6 Å². The number of rotatable bonds is 5. The molecule has 38 heavy (non-hydrogen) atoms. The van der Waals surface area contributed by atoms with Crippen LogP contribution in [0.2, 0.25) is 0 Å². The molecule has 4 aromatic rings. The van der Waals surface area contributed by atoms with E-state index < -0.39 is 10.0 Å². The number of primary sulfonamides is 1. The normalized spacial score (nSPS) is 24.4. The summed E-state index contributed by atoms with van der Waals surface area (Å²) in [5.41, 5.74) is 2.82. The number of nitro benzene ring substituents is 1. The van der Waals surface area contributed by atoms with Crippen molar-refractivity contribution in [1.29, 1.82) is 0 Å². The standard InChI is InChI=1S/C28H24ClN3O4S2/c29-27-25(37-24-11-4-3-10-23(24)32(33)34)15-21-26(27)20-14-17(38(30,35)36)12-13-22(20)31-28(21)19-9-5-7-16-6-1-2-8-18(16)19/h1-14,21,25-28,31H,15H2,(H2,30,35,36)/t21-,25+,26-,27+,28-/m1/s1. The zero-order valence-corrected chi connectivity index (χ0v) is 22.4. The number of hydrogen-bond acceptors (Lipinski definition) is 6. The fourth-order valence-corrected chi connectivity index (χ4v) is 8.46. The van der Waals surface area contributed by atoms with Gasteiger partial charge in [-0.3, -0.25) is 10.1 Å². The highest BCUT2D eigenvalue weighted by Crippen LogP contribution is 2.58. The van der Waals surface area contributed by atoms with Crippen LogP contribution in [0.5, 0.6) is 0 Å². The lowest BCUT2D eigenvalue weighted by Gasteiger charge is -2.39. The summed E-state index contributed by atoms with van der Waals surface area (Å²) in [6.45, 7) is 0. The summed E-state index contributed by atoms with van der Waals surface area (Å²) < 4.78 is 24.4. The summed E-state index contributed by atoms with van der Waals surface area (Å²) >= 11 is 8.62. The largest absolute Gasteiger partial charge is 0.378 e. The molecule has 10 heteroatoms. The number of sulfonamides is 1. The predicted molar refractivity (Wildman–Crippen MR) is 151 cm³/mol. The maximum atomic E-state index is 12.2. The van der Waals surface area contributed by atoms with Crippen LogP contribution in [0.3, 0.4) is 0 Å². The first-order valence-electron chi connectivity index (χ1n) is 12.2. The molecule has 4 aromatic carbocycles. The van der Waals surface area contributed by atoms with Crippen LogP contribution in [-0.4, -0.2) is 24.0 Å². The van der Waals surface area contributed by atoms with E-state index >= 15 is 0 Å². The molecule has 0 amide bonds. The average Bonchev–Trinajstić information content (AvgIpc) is 3.23. The Bertz CT molecular complexity index is 1670. The molecule has 0 unspecified atom stereocenters. The van der Waals surface area contributed by atoms with Crippen LogP contribution in [0, 0.1) is 16.0 Å². The Morgan fingerprint density at radius 2 is 1.71 bits per heavy atom. The van der Waals surface area contributed by atoms with Crippen molar-refractivity contribution >= 4 is 55.5 Å². The number of nitro groups is 1. The summed E-state index contributed by atoms with van der Waals surface area (Å²) in [6, 6.07) is 26.0. The number of alkyl halides is 1. The van der Waals surface area contributed by atoms with Gasteiger partial charge in [0.2, 0.25) is 10.0 Å². The van der Waals surface area contributed by atoms with E-state index in [1.165, 1.54) is 23.9 Å². The highest BCUT2D eigenvalue weighted by molar-refractivity contribution is 8.00. The lowest BCUT2D eigenvalue weighted by atomic mass is 9.76. The Morgan fingerprint density at radius 1 is 0.974 bits per heavy atom. The molecule has 0 saturated heterocycles. The number of nitrogens with one attached hydrogen (secondary N) is 1. The molecular formula is C28H24ClN3O4S2. The van der Waals surface area contributed by atoms with Gasteiger partial charge in [-0.25, -0.2) is 13.6 Å². The topological polar surface area (TPSA) is 115 Å². The zero-order valence-electron chi connectivity index (χ0n) is 20.0. The van der Waals surface area contributed by atoms with Crippen molar-refractivity contribution in [2.75, 3.05) is 5.32 Å². The smallest absolute Gasteiger partial charge is 0.282 e. The fourth-order valence-electron chi connectivity index (χ4n) is 5.97. The molecule has 1 aliphatic carbocycles. The van der Waals surface area contributed by atoms with Crippen LogP contribution in [0.25, 0.3) is 10.8 Å². The summed E-state index contributed by atoms with van der Waals surface area (Å²) in [5.74, 6) is -0.161. The number of nitrogens with two attached hydrogens (primary N) is 1. The Morgan fingerprint density at radius 3 is 2.50 bits per heavy atom. The molecule has 0 radical (unpaired) electrons. The third kappa shape index (κ3) is 4.33. The number of thioether (sulfide) groups is 1. The first-order valence-corrected chi connectivity index (χ1v) is 15.0. The van der Waals surface area contributed by atoms with Gasteiger partial charge in [-0.2, -0.15) is 0 Å². The first kappa shape index (κ1) is 25.2. The van der Waals surface area contributed by atoms with Crippen molar-refractivity contribution in [1.82, 2.24) is 0 Å². The molecule has 7 nitrogen and oxygen atoms in total. The minimum absolute atomic E-state index is 0.0202. The van der Waals surface area contributed by atoms with Gasteiger partial charge in [0, 0.05) is 22.9 Å². The van der Waals surface area contributed by atoms with Crippen LogP contribution in [-0.2, 0) is 10.0 Å². The molecule has 1 fully saturated rings. The third-order valence-electron chi connectivity index (χ3n) is 7.61. The van der Waals surface area contributed by atoms with E-state index in [2.05, 4.69) is 29.6 Å². The molecular weight excluding hydrogens is 542 g/mol. The van der Waals surface area contributed by atoms with Crippen LogP contribution < -0.4 is 10.5 Å². The van der Waals surface area contributed by atoms with Crippen molar-refractivity contribution in [3.63, 3.8) is 0 Å². The number of anilines is 1. The monoisotopic (exact) mass is 565 g/mol. The minimum atomic E-state index is -3.91. The van der Waals surface area contributed by atoms with Gasteiger partial charge in [-0.1, -0.05) is 54.6 Å². The Labute approximate surface area is 229 Å². The van der Waals surface area contributed by atoms with E-state index in [0.29, 0.717) is 11.3 Å². The first-order chi connectivity index (χ1) is 18.2. The van der Waals surface area contributed by atoms with Crippen molar-refractivity contribution in [2.24, 2.45) is 11.1 Å². The highest BCUT2D eigenvalue weighted by atomic mass is 35.5. The number of halogens is 1. The van der Waals surface area contributed by atoms with Gasteiger partial charge >= 0.3 is 0 Å². The van der Waals surface area contributed by atoms with E-state index in [4.69, 9.17) is 16.7 Å². The second-order valence-electron chi connectivity index (χ2n) is 9.74. The Hall–Kier alpha value is -3.11. The highest BCUT2D eigenvalue weighted by Gasteiger charge is 2.50. The van der Waals surface area contributed by atoms with E-state index in [1.54, 1.807) is 30.3 Å². The van der Waals surface area contributed by atoms with Gasteiger partial charge in [0.25, 0.3) is 5.69 Å². The average molecular weight is 566 g/mol. The fraction of sp³-hybridized carbons (Fsp3) is 0.214. The quantitative estimate of drug-likeness (QED) is 0.163. The summed E-state index contributed by atoms with van der Waals surface area (Å²) in [4.78, 5) is 11.9. The second-order valence-corrected chi connectivity index (χ2v) is 13.1. The number of fused-ring (bicyclic) bond motifs is 4. The van der Waals surface area contributed by atoms with Crippen LogP contribution in [0.4, 0.5) is 11.4 Å². The Kier molecular flexibility index (Phi) is 6.34. The van der Waals surface area contributed by atoms with Crippen LogP contribution in [0.1, 0.15) is 29.5 Å². The minimum Gasteiger partial charge on any atom is -0.378 e. The molecule has 0 aromatic heterocycles. The molecule has 194 valence electrons. The molecule has 5 atom stereocenters. The van der Waals surface area contributed by atoms with Crippen LogP contribution >= 0.6 is 23.4 Å². The lowest BCUT2D eigenvalue weighted by Crippen LogP contribution is -2.31. The van der Waals surface area contributed by atoms with Crippen molar-refractivity contribution < 1.29 is 13.3 Å². The third-order valence-corrected chi connectivity index (χ3v) is 10.6. The molecule has 1 aliphatic heterocycles. The molecule has 2 aliphatic rings. The number of hydrogen-bond donors (Lipinski definition) is 2. The zero-order chi connectivity index (χ0) is 26.6. The maximum Gasteiger partial charge on any atom is 0.282 e. The number of para-hydroxylation sites is 1. The molecule has 1 heterocycles. The Balaban J connectivity index is 1.47. The predicted octanol–water partition coefficient (Wildman–Crippen LogP) is 6.43. The molecule has 0 spiro atoms. The molecule has 0 bridgehead atoms. The number of nitrogens with zero attached hydrogens (tertiary/aromatic N) is 1.